The van der Waals surface area contributed by atoms with Gasteiger partial charge in [-0.1, -0.05) is 17.7 Å². The molecule has 2 aliphatic heterocycles. The summed E-state index contributed by atoms with van der Waals surface area (Å²) in [4.78, 5) is 29.6. The van der Waals surface area contributed by atoms with Crippen LogP contribution in [0.4, 0.5) is 20.3 Å². The van der Waals surface area contributed by atoms with Crippen LogP contribution in [0.5, 0.6) is 0 Å². The van der Waals surface area contributed by atoms with Gasteiger partial charge in [-0.3, -0.25) is 14.7 Å². The number of carbonyl (C=O) groups is 1. The zero-order chi connectivity index (χ0) is 29.6. The second-order valence-electron chi connectivity index (χ2n) is 12.6. The van der Waals surface area contributed by atoms with Crippen molar-refractivity contribution in [2.75, 3.05) is 56.5 Å². The summed E-state index contributed by atoms with van der Waals surface area (Å²) in [6.07, 6.45) is 8.20. The number of allylic oxidation sites excluding steroid dienone is 1. The molecule has 1 amide bonds. The molecular weight excluding hydrogens is 546 g/mol. The maximum absolute atomic E-state index is 13.8. The van der Waals surface area contributed by atoms with Gasteiger partial charge < -0.3 is 15.1 Å². The number of amides is 1. The smallest absolute Gasteiger partial charge is 0.256 e. The van der Waals surface area contributed by atoms with Crippen LogP contribution in [0.25, 0.3) is 16.7 Å². The number of aryl methyl sites for hydroxylation is 1. The minimum absolute atomic E-state index is 0.0827. The highest BCUT2D eigenvalue weighted by Crippen LogP contribution is 2.50. The fourth-order valence-corrected chi connectivity index (χ4v) is 6.67. The first-order valence-corrected chi connectivity index (χ1v) is 15.4. The highest BCUT2D eigenvalue weighted by Gasteiger charge is 2.38. The Labute approximate surface area is 251 Å². The molecule has 4 heterocycles. The third-order valence-corrected chi connectivity index (χ3v) is 9.44. The van der Waals surface area contributed by atoms with Gasteiger partial charge in [0.05, 0.1) is 11.9 Å². The Morgan fingerprint density at radius 2 is 1.79 bits per heavy atom. The Morgan fingerprint density at radius 3 is 2.56 bits per heavy atom. The van der Waals surface area contributed by atoms with E-state index in [9.17, 15) is 13.6 Å². The molecule has 224 valence electrons. The summed E-state index contributed by atoms with van der Waals surface area (Å²) in [5.41, 5.74) is 7.89. The molecule has 3 aromatic rings. The third-order valence-electron chi connectivity index (χ3n) is 9.44. The van der Waals surface area contributed by atoms with Crippen LogP contribution < -0.4 is 10.2 Å². The molecular formula is C34H38F2N6O. The van der Waals surface area contributed by atoms with Crippen LogP contribution in [0.15, 0.2) is 60.6 Å². The molecule has 7 rings (SSSR count). The number of fused-ring (bicyclic) bond motifs is 2. The zero-order valence-electron chi connectivity index (χ0n) is 24.7. The van der Waals surface area contributed by atoms with Crippen molar-refractivity contribution in [2.45, 2.75) is 44.6 Å². The molecule has 2 aromatic heterocycles. The van der Waals surface area contributed by atoms with E-state index in [1.807, 2.05) is 24.5 Å². The second kappa shape index (κ2) is 11.4. The molecule has 0 spiro atoms. The standard InChI is InChI=1S/C34H38F2N6O/c1-40-12-14-42(15-13-40)31-7-6-28(21-38-31)39-33(43)32-29-17-25(4-2-24(29)3-5-26-18-30(26)32)27-16-23(19-37-20-27)22-41-10-8-34(35,36)9-11-41/h2,4,6-7,16-17,19-21,26H,3,5,8-15,18,22H2,1H3,(H,39,43). The summed E-state index contributed by atoms with van der Waals surface area (Å²) in [5, 5.41) is 3.14. The van der Waals surface area contributed by atoms with Gasteiger partial charge in [-0.15, -0.1) is 0 Å². The van der Waals surface area contributed by atoms with Crippen molar-refractivity contribution in [3.8, 4) is 11.1 Å². The Bertz CT molecular complexity index is 1540. The van der Waals surface area contributed by atoms with Crippen molar-refractivity contribution in [3.63, 3.8) is 0 Å². The molecule has 43 heavy (non-hydrogen) atoms. The van der Waals surface area contributed by atoms with Crippen molar-refractivity contribution >= 4 is 23.0 Å². The van der Waals surface area contributed by atoms with E-state index < -0.39 is 5.92 Å². The maximum Gasteiger partial charge on any atom is 0.256 e. The average Bonchev–Trinajstić information content (AvgIpc) is 3.79. The van der Waals surface area contributed by atoms with Crippen molar-refractivity contribution in [2.24, 2.45) is 5.92 Å². The van der Waals surface area contributed by atoms with Crippen LogP contribution in [-0.2, 0) is 17.8 Å². The van der Waals surface area contributed by atoms with E-state index in [2.05, 4.69) is 61.3 Å². The van der Waals surface area contributed by atoms with Crippen LogP contribution in [0.3, 0.4) is 0 Å². The lowest BCUT2D eigenvalue weighted by molar-refractivity contribution is -0.111. The number of rotatable bonds is 6. The molecule has 0 radical (unpaired) electrons. The second-order valence-corrected chi connectivity index (χ2v) is 12.6. The van der Waals surface area contributed by atoms with E-state index in [-0.39, 0.29) is 18.7 Å². The van der Waals surface area contributed by atoms with E-state index in [0.717, 1.165) is 79.1 Å². The minimum atomic E-state index is -2.55. The Kier molecular flexibility index (Phi) is 7.47. The molecule has 1 unspecified atom stereocenters. The number of pyridine rings is 2. The number of carbonyl (C=O) groups excluding carboxylic acids is 1. The van der Waals surface area contributed by atoms with Crippen LogP contribution in [0, 0.1) is 5.92 Å². The van der Waals surface area contributed by atoms with Crippen LogP contribution in [0.1, 0.15) is 42.4 Å². The van der Waals surface area contributed by atoms with Crippen LogP contribution in [-0.4, -0.2) is 77.9 Å². The molecule has 1 N–H and O–H groups in total. The lowest BCUT2D eigenvalue weighted by Gasteiger charge is -2.33. The number of likely N-dealkylation sites (tertiary alicyclic amines) is 1. The molecule has 7 nitrogen and oxygen atoms in total. The van der Waals surface area contributed by atoms with Gasteiger partial charge >= 0.3 is 0 Å². The monoisotopic (exact) mass is 584 g/mol. The predicted octanol–water partition coefficient (Wildman–Crippen LogP) is 5.48. The lowest BCUT2D eigenvalue weighted by Crippen LogP contribution is -2.44. The summed E-state index contributed by atoms with van der Waals surface area (Å²) >= 11 is 0. The van der Waals surface area contributed by atoms with Crippen LogP contribution >= 0.6 is 0 Å². The third kappa shape index (κ3) is 6.19. The fourth-order valence-electron chi connectivity index (χ4n) is 6.67. The molecule has 0 bridgehead atoms. The van der Waals surface area contributed by atoms with Gasteiger partial charge in [0, 0.05) is 82.2 Å². The van der Waals surface area contributed by atoms with E-state index in [4.69, 9.17) is 0 Å². The summed E-state index contributed by atoms with van der Waals surface area (Å²) in [5.74, 6) is -1.23. The maximum atomic E-state index is 13.8. The van der Waals surface area contributed by atoms with E-state index >= 15 is 0 Å². The number of likely N-dealkylation sites (N-methyl/N-ethyl adjacent to an activating group) is 1. The highest BCUT2D eigenvalue weighted by atomic mass is 19.3. The first-order valence-electron chi connectivity index (χ1n) is 15.4. The zero-order valence-corrected chi connectivity index (χ0v) is 24.7. The highest BCUT2D eigenvalue weighted by molar-refractivity contribution is 6.27. The Hall–Kier alpha value is -3.69. The van der Waals surface area contributed by atoms with Gasteiger partial charge in [0.25, 0.3) is 11.8 Å². The largest absolute Gasteiger partial charge is 0.354 e. The number of piperidine rings is 1. The van der Waals surface area contributed by atoms with Gasteiger partial charge in [-0.05, 0) is 78.7 Å². The molecule has 2 saturated heterocycles. The molecule has 3 fully saturated rings. The summed E-state index contributed by atoms with van der Waals surface area (Å²) < 4.78 is 27.3. The van der Waals surface area contributed by atoms with Gasteiger partial charge in [0.1, 0.15) is 5.82 Å². The number of anilines is 2. The molecule has 1 aromatic carbocycles. The number of hydrogen-bond donors (Lipinski definition) is 1. The lowest BCUT2D eigenvalue weighted by atomic mass is 9.92. The van der Waals surface area contributed by atoms with Gasteiger partial charge in [-0.2, -0.15) is 0 Å². The number of halogens is 2. The Balaban J connectivity index is 1.10. The van der Waals surface area contributed by atoms with Crippen LogP contribution in [0.2, 0.25) is 0 Å². The number of aromatic nitrogens is 2. The topological polar surface area (TPSA) is 64.6 Å². The summed E-state index contributed by atoms with van der Waals surface area (Å²) in [6.45, 7) is 5.29. The Morgan fingerprint density at radius 1 is 0.977 bits per heavy atom. The quantitative estimate of drug-likeness (QED) is 0.414. The molecule has 1 atom stereocenters. The SMILES string of the molecule is CN1CCN(c2ccc(NC(=O)C3=C4CC4CCc4ccc(-c5cncc(CN6CCC(F)(F)CC6)c5)cc43)cn2)CC1. The number of piperazine rings is 1. The van der Waals surface area contributed by atoms with Crippen molar-refractivity contribution in [1.29, 1.82) is 0 Å². The van der Waals surface area contributed by atoms with Gasteiger partial charge in [-0.25, -0.2) is 13.8 Å². The molecule has 9 heteroatoms. The average molecular weight is 585 g/mol. The number of benzene rings is 1. The molecule has 4 aliphatic rings. The first-order chi connectivity index (χ1) is 20.8. The normalized spacial score (nSPS) is 22.0. The minimum Gasteiger partial charge on any atom is -0.354 e. The molecule has 2 aliphatic carbocycles. The van der Waals surface area contributed by atoms with Crippen molar-refractivity contribution in [3.05, 3.63) is 77.3 Å². The van der Waals surface area contributed by atoms with E-state index in [1.54, 1.807) is 6.20 Å². The summed E-state index contributed by atoms with van der Waals surface area (Å²) in [7, 11) is 2.13. The van der Waals surface area contributed by atoms with Crippen molar-refractivity contribution in [1.82, 2.24) is 19.8 Å². The van der Waals surface area contributed by atoms with Gasteiger partial charge in [0.15, 0.2) is 0 Å². The van der Waals surface area contributed by atoms with E-state index in [1.165, 1.54) is 11.1 Å². The number of hydrogen-bond acceptors (Lipinski definition) is 6. The van der Waals surface area contributed by atoms with E-state index in [0.29, 0.717) is 31.2 Å². The fraction of sp³-hybridized carbons (Fsp3) is 0.441. The number of alkyl halides is 2. The summed E-state index contributed by atoms with van der Waals surface area (Å²) in [6, 6.07) is 12.4. The predicted molar refractivity (Wildman–Crippen MR) is 165 cm³/mol. The van der Waals surface area contributed by atoms with Crippen molar-refractivity contribution < 1.29 is 13.6 Å². The van der Waals surface area contributed by atoms with Gasteiger partial charge in [0.2, 0.25) is 0 Å². The number of nitrogens with one attached hydrogen (secondary N) is 1. The first kappa shape index (κ1) is 28.1. The number of nitrogens with zero attached hydrogens (tertiary/aromatic N) is 5. The molecule has 1 saturated carbocycles.